The van der Waals surface area contributed by atoms with Crippen LogP contribution in [-0.4, -0.2) is 27.2 Å². The van der Waals surface area contributed by atoms with E-state index in [1.807, 2.05) is 18.2 Å². The number of anilines is 1. The molecule has 0 bridgehead atoms. The normalized spacial score (nSPS) is 14.0. The van der Waals surface area contributed by atoms with Crippen molar-refractivity contribution in [3.63, 3.8) is 0 Å². The van der Waals surface area contributed by atoms with E-state index in [0.29, 0.717) is 22.2 Å². The van der Waals surface area contributed by atoms with Crippen LogP contribution in [0.4, 0.5) is 14.5 Å². The number of hydrogen-bond acceptors (Lipinski definition) is 5. The van der Waals surface area contributed by atoms with Gasteiger partial charge in [0.2, 0.25) is 0 Å². The molecule has 0 atom stereocenters. The highest BCUT2D eigenvalue weighted by atomic mass is 32.2. The molecule has 1 aliphatic heterocycles. The van der Waals surface area contributed by atoms with E-state index in [1.54, 1.807) is 54.6 Å². The summed E-state index contributed by atoms with van der Waals surface area (Å²) in [5.41, 5.74) is 4.23. The smallest absolute Gasteiger partial charge is 0.387 e. The first-order valence-corrected chi connectivity index (χ1v) is 12.3. The molecular formula is C26H19F2N3O4S. The molecule has 1 amide bonds. The van der Waals surface area contributed by atoms with Gasteiger partial charge in [0.05, 0.1) is 23.3 Å². The highest BCUT2D eigenvalue weighted by molar-refractivity contribution is 7.93. The number of ether oxygens (including phenoxy) is 1. The summed E-state index contributed by atoms with van der Waals surface area (Å²) in [7, 11) is -3.69. The molecule has 10 heteroatoms. The Kier molecular flexibility index (Phi) is 6.11. The van der Waals surface area contributed by atoms with E-state index < -0.39 is 22.5 Å². The molecular weight excluding hydrogens is 488 g/mol. The molecule has 4 aromatic rings. The molecule has 0 saturated carbocycles. The second-order valence-electron chi connectivity index (χ2n) is 7.96. The number of halogens is 2. The second kappa shape index (κ2) is 9.38. The molecule has 1 aliphatic rings. The molecule has 1 heterocycles. The lowest BCUT2D eigenvalue weighted by Crippen LogP contribution is -2.26. The number of sulfonamides is 1. The maximum absolute atomic E-state index is 13.2. The summed E-state index contributed by atoms with van der Waals surface area (Å²) in [5, 5.41) is 5.38. The Labute approximate surface area is 205 Å². The van der Waals surface area contributed by atoms with Crippen LogP contribution in [0, 0.1) is 0 Å². The number of hydrogen-bond donors (Lipinski definition) is 1. The molecule has 7 nitrogen and oxygen atoms in total. The molecule has 0 radical (unpaired) electrons. The van der Waals surface area contributed by atoms with E-state index in [0.717, 1.165) is 5.39 Å². The summed E-state index contributed by atoms with van der Waals surface area (Å²) in [5.74, 6) is -0.583. The van der Waals surface area contributed by atoms with Crippen molar-refractivity contribution < 1.29 is 26.7 Å². The van der Waals surface area contributed by atoms with Crippen LogP contribution in [0.25, 0.3) is 10.8 Å². The van der Waals surface area contributed by atoms with Crippen LogP contribution >= 0.6 is 0 Å². The zero-order chi connectivity index (χ0) is 25.3. The van der Waals surface area contributed by atoms with Gasteiger partial charge in [-0.3, -0.25) is 9.10 Å². The van der Waals surface area contributed by atoms with Crippen LogP contribution < -0.4 is 14.5 Å². The number of carbonyl (C=O) groups excluding carboxylic acids is 1. The average molecular weight is 508 g/mol. The Morgan fingerprint density at radius 2 is 1.69 bits per heavy atom. The van der Waals surface area contributed by atoms with E-state index in [1.165, 1.54) is 22.7 Å². The predicted octanol–water partition coefficient (Wildman–Crippen LogP) is 4.91. The molecule has 0 fully saturated rings. The summed E-state index contributed by atoms with van der Waals surface area (Å²) in [6, 6.07) is 23.2. The number of nitrogens with zero attached hydrogens (tertiary/aromatic N) is 2. The molecule has 0 unspecified atom stereocenters. The predicted molar refractivity (Wildman–Crippen MR) is 132 cm³/mol. The summed E-state index contributed by atoms with van der Waals surface area (Å²) in [4.78, 5) is 12.7. The van der Waals surface area contributed by atoms with Crippen molar-refractivity contribution >= 4 is 38.6 Å². The molecule has 182 valence electrons. The van der Waals surface area contributed by atoms with Gasteiger partial charge in [-0.1, -0.05) is 48.5 Å². The van der Waals surface area contributed by atoms with Crippen LogP contribution in [0.15, 0.2) is 94.9 Å². The summed E-state index contributed by atoms with van der Waals surface area (Å²) < 4.78 is 57.2. The SMILES string of the molecule is O=C(N/N=C\c1ccccc1OC(F)F)c1ccc(CN2c3cccc4cccc(c34)S2(=O)=O)cc1. The Morgan fingerprint density at radius 1 is 0.972 bits per heavy atom. The third kappa shape index (κ3) is 4.38. The zero-order valence-electron chi connectivity index (χ0n) is 18.6. The highest BCUT2D eigenvalue weighted by Gasteiger charge is 2.35. The van der Waals surface area contributed by atoms with Gasteiger partial charge in [-0.15, -0.1) is 0 Å². The van der Waals surface area contributed by atoms with Crippen molar-refractivity contribution in [2.24, 2.45) is 5.10 Å². The number of para-hydroxylation sites is 1. The topological polar surface area (TPSA) is 88.1 Å². The maximum atomic E-state index is 13.2. The molecule has 0 spiro atoms. The van der Waals surface area contributed by atoms with E-state index in [-0.39, 0.29) is 22.8 Å². The number of benzene rings is 4. The van der Waals surface area contributed by atoms with Crippen molar-refractivity contribution in [2.45, 2.75) is 18.1 Å². The van der Waals surface area contributed by atoms with Gasteiger partial charge in [0.1, 0.15) is 5.75 Å². The number of carbonyl (C=O) groups is 1. The van der Waals surface area contributed by atoms with E-state index in [4.69, 9.17) is 0 Å². The van der Waals surface area contributed by atoms with Gasteiger partial charge in [0.15, 0.2) is 0 Å². The number of rotatable bonds is 7. The fourth-order valence-corrected chi connectivity index (χ4v) is 5.77. The first-order valence-electron chi connectivity index (χ1n) is 10.9. The Balaban J connectivity index is 1.29. The van der Waals surface area contributed by atoms with Crippen molar-refractivity contribution in [1.82, 2.24) is 5.43 Å². The number of hydrazone groups is 1. The minimum atomic E-state index is -3.69. The zero-order valence-corrected chi connectivity index (χ0v) is 19.5. The van der Waals surface area contributed by atoms with Crippen molar-refractivity contribution in [3.05, 3.63) is 102 Å². The third-order valence-corrected chi connectivity index (χ3v) is 7.53. The van der Waals surface area contributed by atoms with Gasteiger partial charge >= 0.3 is 6.61 Å². The minimum Gasteiger partial charge on any atom is -0.434 e. The van der Waals surface area contributed by atoms with Gasteiger partial charge in [-0.25, -0.2) is 13.8 Å². The quantitative estimate of drug-likeness (QED) is 0.284. The molecule has 36 heavy (non-hydrogen) atoms. The highest BCUT2D eigenvalue weighted by Crippen LogP contribution is 2.42. The van der Waals surface area contributed by atoms with Gasteiger partial charge < -0.3 is 4.74 Å². The summed E-state index contributed by atoms with van der Waals surface area (Å²) >= 11 is 0. The van der Waals surface area contributed by atoms with E-state index in [9.17, 15) is 22.0 Å². The monoisotopic (exact) mass is 507 g/mol. The van der Waals surface area contributed by atoms with Gasteiger partial charge in [0.25, 0.3) is 15.9 Å². The van der Waals surface area contributed by atoms with Crippen molar-refractivity contribution in [2.75, 3.05) is 4.31 Å². The standard InChI is InChI=1S/C26H19F2N3O4S/c27-26(28)35-22-9-2-1-5-20(22)15-29-30-25(32)19-13-11-17(12-14-19)16-31-21-8-3-6-18-7-4-10-23(24(18)21)36(31,33)34/h1-15,26H,16H2,(H,30,32)/b29-15-. The van der Waals surface area contributed by atoms with Crippen LogP contribution in [-0.2, 0) is 16.6 Å². The summed E-state index contributed by atoms with van der Waals surface area (Å²) in [6.07, 6.45) is 1.21. The van der Waals surface area contributed by atoms with E-state index >= 15 is 0 Å². The lowest BCUT2D eigenvalue weighted by atomic mass is 10.1. The van der Waals surface area contributed by atoms with Crippen LogP contribution in [0.1, 0.15) is 21.5 Å². The van der Waals surface area contributed by atoms with Crippen molar-refractivity contribution in [1.29, 1.82) is 0 Å². The lowest BCUT2D eigenvalue weighted by Gasteiger charge is -2.19. The largest absolute Gasteiger partial charge is 0.434 e. The third-order valence-electron chi connectivity index (χ3n) is 5.73. The van der Waals surface area contributed by atoms with Crippen LogP contribution in [0.3, 0.4) is 0 Å². The summed E-state index contributed by atoms with van der Waals surface area (Å²) in [6.45, 7) is -2.87. The minimum absolute atomic E-state index is 0.0652. The number of nitrogens with one attached hydrogen (secondary N) is 1. The van der Waals surface area contributed by atoms with Gasteiger partial charge in [-0.2, -0.15) is 13.9 Å². The second-order valence-corrected chi connectivity index (χ2v) is 9.79. The molecule has 0 aliphatic carbocycles. The molecule has 0 saturated heterocycles. The molecule has 1 N–H and O–H groups in total. The Hall–Kier alpha value is -4.31. The van der Waals surface area contributed by atoms with E-state index in [2.05, 4.69) is 15.3 Å². The average Bonchev–Trinajstić information content (AvgIpc) is 3.08. The fourth-order valence-electron chi connectivity index (χ4n) is 4.07. The first kappa shape index (κ1) is 23.4. The Morgan fingerprint density at radius 3 is 2.44 bits per heavy atom. The van der Waals surface area contributed by atoms with Gasteiger partial charge in [-0.05, 0) is 47.3 Å². The molecule has 5 rings (SSSR count). The lowest BCUT2D eigenvalue weighted by molar-refractivity contribution is -0.0499. The molecule has 0 aromatic heterocycles. The number of amides is 1. The van der Waals surface area contributed by atoms with Crippen LogP contribution in [0.2, 0.25) is 0 Å². The van der Waals surface area contributed by atoms with Gasteiger partial charge in [0, 0.05) is 16.5 Å². The number of alkyl halides is 2. The fraction of sp³-hybridized carbons (Fsp3) is 0.0769. The van der Waals surface area contributed by atoms with Crippen LogP contribution in [0.5, 0.6) is 5.75 Å². The van der Waals surface area contributed by atoms with Crippen molar-refractivity contribution in [3.8, 4) is 5.75 Å². The molecule has 4 aromatic carbocycles. The Bertz CT molecular complexity index is 1580. The maximum Gasteiger partial charge on any atom is 0.387 e. The first-order chi connectivity index (χ1) is 17.3.